The first kappa shape index (κ1) is 20.3. The molecule has 2 aliphatic rings. The van der Waals surface area contributed by atoms with Crippen LogP contribution >= 0.6 is 0 Å². The Hall–Kier alpha value is -1.48. The monoisotopic (exact) mass is 396 g/mol. The highest BCUT2D eigenvalue weighted by atomic mass is 32.2. The van der Waals surface area contributed by atoms with Crippen molar-refractivity contribution in [1.29, 1.82) is 0 Å². The van der Waals surface area contributed by atoms with Gasteiger partial charge in [-0.1, -0.05) is 18.2 Å². The highest BCUT2D eigenvalue weighted by Gasteiger charge is 2.49. The summed E-state index contributed by atoms with van der Waals surface area (Å²) in [5, 5.41) is -1.91. The Balaban J connectivity index is 1.76. The number of nitrogens with one attached hydrogen (secondary N) is 1. The van der Waals surface area contributed by atoms with E-state index < -0.39 is 21.0 Å². The van der Waals surface area contributed by atoms with Gasteiger partial charge in [0.2, 0.25) is 0 Å². The first-order chi connectivity index (χ1) is 12.9. The van der Waals surface area contributed by atoms with E-state index in [0.29, 0.717) is 0 Å². The molecule has 0 bridgehead atoms. The second-order valence-corrected chi connectivity index (χ2v) is 9.16. The number of methoxy groups -OCH3 is 2. The van der Waals surface area contributed by atoms with Crippen LogP contribution in [0, 0.1) is 5.92 Å². The highest BCUT2D eigenvalue weighted by Crippen LogP contribution is 2.36. The highest BCUT2D eigenvalue weighted by molar-refractivity contribution is 7.91. The summed E-state index contributed by atoms with van der Waals surface area (Å²) in [5.74, 6) is 0.0230. The Morgan fingerprint density at radius 3 is 2.44 bits per heavy atom. The number of rotatable bonds is 9. The van der Waals surface area contributed by atoms with Crippen LogP contribution in [0.3, 0.4) is 0 Å². The van der Waals surface area contributed by atoms with Gasteiger partial charge in [-0.15, -0.1) is 0 Å². The molecule has 1 aromatic carbocycles. The van der Waals surface area contributed by atoms with E-state index in [1.807, 2.05) is 0 Å². The number of likely N-dealkylation sites (tertiary alicyclic amines) is 1. The number of carbonyl (C=O) groups excluding carboxylic acids is 1. The lowest BCUT2D eigenvalue weighted by molar-refractivity contribution is -0.153. The van der Waals surface area contributed by atoms with Gasteiger partial charge < -0.3 is 9.47 Å². The number of amides is 1. The van der Waals surface area contributed by atoms with Gasteiger partial charge in [-0.05, 0) is 50.3 Å². The van der Waals surface area contributed by atoms with Crippen molar-refractivity contribution in [2.45, 2.75) is 43.3 Å². The van der Waals surface area contributed by atoms with Crippen LogP contribution in [0.25, 0.3) is 0 Å². The summed E-state index contributed by atoms with van der Waals surface area (Å²) in [5.41, 5.74) is 0.262. The number of hydrogen-bond acceptors (Lipinski definition) is 6. The van der Waals surface area contributed by atoms with Crippen molar-refractivity contribution in [2.75, 3.05) is 27.3 Å². The van der Waals surface area contributed by atoms with E-state index in [1.165, 1.54) is 27.1 Å². The summed E-state index contributed by atoms with van der Waals surface area (Å²) in [6.45, 7) is 1.95. The first-order valence-corrected chi connectivity index (χ1v) is 10.8. The molecule has 150 valence electrons. The molecule has 1 aromatic rings. The Morgan fingerprint density at radius 1 is 1.19 bits per heavy atom. The van der Waals surface area contributed by atoms with Crippen LogP contribution in [0.5, 0.6) is 0 Å². The van der Waals surface area contributed by atoms with E-state index in [9.17, 15) is 13.2 Å². The average molecular weight is 397 g/mol. The normalized spacial score (nSPS) is 21.3. The van der Waals surface area contributed by atoms with Crippen molar-refractivity contribution in [3.63, 3.8) is 0 Å². The maximum Gasteiger partial charge on any atom is 0.294 e. The SMILES string of the molecule is COC(CC1CCCN1CC1CC1)(OC)S(=O)(=O)NC(=O)c1ccccc1. The van der Waals surface area contributed by atoms with Crippen LogP contribution < -0.4 is 4.72 Å². The van der Waals surface area contributed by atoms with E-state index >= 15 is 0 Å². The van der Waals surface area contributed by atoms with Crippen molar-refractivity contribution < 1.29 is 22.7 Å². The zero-order valence-electron chi connectivity index (χ0n) is 15.9. The van der Waals surface area contributed by atoms with E-state index in [2.05, 4.69) is 9.62 Å². The Labute approximate surface area is 161 Å². The van der Waals surface area contributed by atoms with E-state index in [0.717, 1.165) is 31.8 Å². The molecule has 1 aliphatic heterocycles. The van der Waals surface area contributed by atoms with Gasteiger partial charge in [-0.2, -0.15) is 0 Å². The van der Waals surface area contributed by atoms with E-state index in [-0.39, 0.29) is 18.0 Å². The number of nitrogens with zero attached hydrogens (tertiary/aromatic N) is 1. The molecule has 7 nitrogen and oxygen atoms in total. The summed E-state index contributed by atoms with van der Waals surface area (Å²) in [7, 11) is -1.62. The van der Waals surface area contributed by atoms with Gasteiger partial charge in [0, 0.05) is 38.8 Å². The third-order valence-corrected chi connectivity index (χ3v) is 7.24. The Kier molecular flexibility index (Phi) is 6.20. The van der Waals surface area contributed by atoms with Crippen molar-refractivity contribution in [2.24, 2.45) is 5.92 Å². The summed E-state index contributed by atoms with van der Waals surface area (Å²) < 4.78 is 38.9. The number of hydrogen-bond donors (Lipinski definition) is 1. The second-order valence-electron chi connectivity index (χ2n) is 7.33. The smallest absolute Gasteiger partial charge is 0.294 e. The number of ether oxygens (including phenoxy) is 2. The minimum absolute atomic E-state index is 0.0499. The Morgan fingerprint density at radius 2 is 1.85 bits per heavy atom. The molecule has 0 aromatic heterocycles. The summed E-state index contributed by atoms with van der Waals surface area (Å²) >= 11 is 0. The Bertz CT molecular complexity index is 745. The summed E-state index contributed by atoms with van der Waals surface area (Å²) in [6.07, 6.45) is 4.56. The lowest BCUT2D eigenvalue weighted by Gasteiger charge is -2.35. The maximum absolute atomic E-state index is 13.0. The molecule has 1 saturated heterocycles. The van der Waals surface area contributed by atoms with Gasteiger partial charge in [0.1, 0.15) is 0 Å². The molecule has 1 heterocycles. The molecule has 1 amide bonds. The predicted molar refractivity (Wildman–Crippen MR) is 102 cm³/mol. The quantitative estimate of drug-likeness (QED) is 0.643. The number of sulfonamides is 1. The lowest BCUT2D eigenvalue weighted by atomic mass is 10.1. The summed E-state index contributed by atoms with van der Waals surface area (Å²) in [6, 6.07) is 8.27. The van der Waals surface area contributed by atoms with Crippen molar-refractivity contribution in [3.8, 4) is 0 Å². The van der Waals surface area contributed by atoms with Gasteiger partial charge in [-0.3, -0.25) is 9.69 Å². The topological polar surface area (TPSA) is 84.9 Å². The molecular weight excluding hydrogens is 368 g/mol. The van der Waals surface area contributed by atoms with Crippen LogP contribution in [-0.2, 0) is 19.5 Å². The fraction of sp³-hybridized carbons (Fsp3) is 0.632. The van der Waals surface area contributed by atoms with Gasteiger partial charge in [0.15, 0.2) is 0 Å². The largest absolute Gasteiger partial charge is 0.339 e. The van der Waals surface area contributed by atoms with Crippen molar-refractivity contribution >= 4 is 15.9 Å². The third-order valence-electron chi connectivity index (χ3n) is 5.47. The molecular formula is C19H28N2O5S. The minimum Gasteiger partial charge on any atom is -0.339 e. The van der Waals surface area contributed by atoms with Gasteiger partial charge in [0.05, 0.1) is 0 Å². The molecule has 1 saturated carbocycles. The summed E-state index contributed by atoms with van der Waals surface area (Å²) in [4.78, 5) is 14.7. The van der Waals surface area contributed by atoms with Crippen molar-refractivity contribution in [1.82, 2.24) is 9.62 Å². The van der Waals surface area contributed by atoms with E-state index in [1.54, 1.807) is 30.3 Å². The number of carbonyl (C=O) groups is 1. The zero-order chi connectivity index (χ0) is 19.5. The van der Waals surface area contributed by atoms with Crippen LogP contribution in [-0.4, -0.2) is 57.7 Å². The maximum atomic E-state index is 13.0. The molecule has 27 heavy (non-hydrogen) atoms. The molecule has 2 fully saturated rings. The fourth-order valence-electron chi connectivity index (χ4n) is 3.71. The molecule has 3 rings (SSSR count). The molecule has 1 atom stereocenters. The molecule has 8 heteroatoms. The molecule has 0 spiro atoms. The molecule has 1 N–H and O–H groups in total. The van der Waals surface area contributed by atoms with Gasteiger partial charge >= 0.3 is 0 Å². The zero-order valence-corrected chi connectivity index (χ0v) is 16.7. The number of benzene rings is 1. The predicted octanol–water partition coefficient (Wildman–Crippen LogP) is 1.96. The van der Waals surface area contributed by atoms with Crippen LogP contribution in [0.4, 0.5) is 0 Å². The second kappa shape index (κ2) is 8.26. The lowest BCUT2D eigenvalue weighted by Crippen LogP contribution is -2.54. The first-order valence-electron chi connectivity index (χ1n) is 9.37. The van der Waals surface area contributed by atoms with Crippen molar-refractivity contribution in [3.05, 3.63) is 35.9 Å². The van der Waals surface area contributed by atoms with Gasteiger partial charge in [-0.25, -0.2) is 13.1 Å². The third kappa shape index (κ3) is 4.51. The van der Waals surface area contributed by atoms with Gasteiger partial charge in [0.25, 0.3) is 21.0 Å². The molecule has 0 radical (unpaired) electrons. The van der Waals surface area contributed by atoms with Crippen LogP contribution in [0.1, 0.15) is 42.5 Å². The van der Waals surface area contributed by atoms with Crippen LogP contribution in [0.2, 0.25) is 0 Å². The standard InChI is InChI=1S/C19H28N2O5S/c1-25-19(26-2,13-17-9-6-12-21(17)14-15-10-11-15)27(23,24)20-18(22)16-7-4-3-5-8-16/h3-5,7-8,15,17H,6,9-14H2,1-2H3,(H,20,22). The molecule has 1 unspecified atom stereocenters. The van der Waals surface area contributed by atoms with E-state index in [4.69, 9.17) is 9.47 Å². The fourth-order valence-corrected chi connectivity index (χ4v) is 5.08. The average Bonchev–Trinajstić information content (AvgIpc) is 3.38. The minimum atomic E-state index is -4.23. The van der Waals surface area contributed by atoms with Crippen LogP contribution in [0.15, 0.2) is 30.3 Å². The molecule has 1 aliphatic carbocycles.